The molecule has 7 heteroatoms. The topological polar surface area (TPSA) is 71.1 Å². The summed E-state index contributed by atoms with van der Waals surface area (Å²) in [4.78, 5) is 29.8. The monoisotopic (exact) mass is 399 g/mol. The molecule has 0 aliphatic heterocycles. The summed E-state index contributed by atoms with van der Waals surface area (Å²) in [5.41, 5.74) is 7.84. The molecule has 2 amide bonds. The predicted molar refractivity (Wildman–Crippen MR) is 109 cm³/mol. The van der Waals surface area contributed by atoms with Gasteiger partial charge in [0, 0.05) is 15.3 Å². The Bertz CT molecular complexity index is 1010. The van der Waals surface area contributed by atoms with E-state index < -0.39 is 5.91 Å². The molecule has 5 nitrogen and oxygen atoms in total. The molecular formula is C20H18ClN3O2S. The predicted octanol–water partition coefficient (Wildman–Crippen LogP) is 4.06. The highest BCUT2D eigenvalue weighted by Gasteiger charge is 2.13. The molecule has 138 valence electrons. The molecule has 3 aromatic rings. The third-order valence-corrected chi connectivity index (χ3v) is 5.17. The number of hydrogen-bond donors (Lipinski definition) is 2. The van der Waals surface area contributed by atoms with E-state index in [0.29, 0.717) is 16.3 Å². The van der Waals surface area contributed by atoms with Gasteiger partial charge in [0.15, 0.2) is 0 Å². The van der Waals surface area contributed by atoms with Crippen LogP contribution in [0.5, 0.6) is 0 Å². The number of aromatic nitrogens is 1. The summed E-state index contributed by atoms with van der Waals surface area (Å²) in [6, 6.07) is 14.9. The number of pyridine rings is 1. The normalized spacial score (nSPS) is 10.6. The number of rotatable bonds is 4. The van der Waals surface area contributed by atoms with Crippen LogP contribution < -0.4 is 10.9 Å². The van der Waals surface area contributed by atoms with E-state index in [4.69, 9.17) is 11.6 Å². The number of nitrogens with zero attached hydrogens (tertiary/aromatic N) is 1. The molecule has 1 heterocycles. The van der Waals surface area contributed by atoms with Crippen LogP contribution in [0.1, 0.15) is 21.6 Å². The Labute approximate surface area is 166 Å². The van der Waals surface area contributed by atoms with E-state index in [-0.39, 0.29) is 11.7 Å². The van der Waals surface area contributed by atoms with Gasteiger partial charge in [-0.15, -0.1) is 11.8 Å². The molecule has 0 aliphatic carbocycles. The lowest BCUT2D eigenvalue weighted by molar-refractivity contribution is -0.119. The number of nitrogens with one attached hydrogen (secondary N) is 2. The van der Waals surface area contributed by atoms with Crippen LogP contribution in [0, 0.1) is 13.8 Å². The van der Waals surface area contributed by atoms with E-state index in [0.717, 1.165) is 21.4 Å². The highest BCUT2D eigenvalue weighted by atomic mass is 35.5. The first-order valence-electron chi connectivity index (χ1n) is 8.28. The largest absolute Gasteiger partial charge is 0.272 e. The molecule has 27 heavy (non-hydrogen) atoms. The average Bonchev–Trinajstić information content (AvgIpc) is 2.65. The van der Waals surface area contributed by atoms with Crippen molar-refractivity contribution in [1.82, 2.24) is 15.8 Å². The second kappa shape index (κ2) is 8.41. The highest BCUT2D eigenvalue weighted by molar-refractivity contribution is 8.00. The van der Waals surface area contributed by atoms with Crippen molar-refractivity contribution in [2.75, 3.05) is 5.75 Å². The van der Waals surface area contributed by atoms with Crippen LogP contribution in [0.2, 0.25) is 5.02 Å². The van der Waals surface area contributed by atoms with Gasteiger partial charge in [-0.3, -0.25) is 25.4 Å². The zero-order chi connectivity index (χ0) is 19.4. The van der Waals surface area contributed by atoms with Gasteiger partial charge in [0.05, 0.1) is 22.5 Å². The number of amides is 2. The first kappa shape index (κ1) is 19.2. The van der Waals surface area contributed by atoms with Crippen molar-refractivity contribution in [2.45, 2.75) is 18.7 Å². The number of thioether (sulfide) groups is 1. The molecular weight excluding hydrogens is 382 g/mol. The van der Waals surface area contributed by atoms with E-state index in [2.05, 4.69) is 15.8 Å². The van der Waals surface area contributed by atoms with Gasteiger partial charge in [-0.2, -0.15) is 0 Å². The molecule has 0 saturated heterocycles. The maximum Gasteiger partial charge on any atom is 0.271 e. The molecule has 0 unspecified atom stereocenters. The summed E-state index contributed by atoms with van der Waals surface area (Å²) in [5, 5.41) is 1.53. The van der Waals surface area contributed by atoms with Crippen LogP contribution in [0.3, 0.4) is 0 Å². The van der Waals surface area contributed by atoms with Gasteiger partial charge in [-0.05, 0) is 56.3 Å². The van der Waals surface area contributed by atoms with Crippen molar-refractivity contribution in [3.63, 3.8) is 0 Å². The van der Waals surface area contributed by atoms with E-state index in [1.165, 1.54) is 11.8 Å². The number of carbonyl (C=O) groups excluding carboxylic acids is 2. The molecule has 2 aromatic carbocycles. The first-order chi connectivity index (χ1) is 12.9. The van der Waals surface area contributed by atoms with Gasteiger partial charge in [-0.25, -0.2) is 0 Å². The van der Waals surface area contributed by atoms with Crippen molar-refractivity contribution < 1.29 is 9.59 Å². The van der Waals surface area contributed by atoms with E-state index in [1.807, 2.05) is 37.3 Å². The standard InChI is InChI=1S/C20H18ClN3O2S/c1-12-3-8-18-14(9-12)10-17(13(2)22-18)20(26)24-23-19(25)11-27-16-6-4-15(21)5-7-16/h3-10H,11H2,1-2H3,(H,23,25)(H,24,26). The number of aryl methyl sites for hydroxylation is 2. The molecule has 0 aliphatic rings. The summed E-state index contributed by atoms with van der Waals surface area (Å²) in [5.74, 6) is -0.519. The third-order valence-electron chi connectivity index (χ3n) is 3.90. The summed E-state index contributed by atoms with van der Waals surface area (Å²) in [6.45, 7) is 3.75. The SMILES string of the molecule is Cc1ccc2nc(C)c(C(=O)NNC(=O)CSc3ccc(Cl)cc3)cc2c1. The van der Waals surface area contributed by atoms with E-state index in [1.54, 1.807) is 25.1 Å². The van der Waals surface area contributed by atoms with Crippen LogP contribution in [-0.2, 0) is 4.79 Å². The second-order valence-electron chi connectivity index (χ2n) is 6.06. The third kappa shape index (κ3) is 4.99. The van der Waals surface area contributed by atoms with Gasteiger partial charge < -0.3 is 0 Å². The summed E-state index contributed by atoms with van der Waals surface area (Å²) in [6.07, 6.45) is 0. The van der Waals surface area contributed by atoms with Crippen LogP contribution in [0.25, 0.3) is 10.9 Å². The molecule has 0 radical (unpaired) electrons. The minimum Gasteiger partial charge on any atom is -0.272 e. The summed E-state index contributed by atoms with van der Waals surface area (Å²) >= 11 is 7.19. The van der Waals surface area contributed by atoms with Gasteiger partial charge in [0.25, 0.3) is 5.91 Å². The van der Waals surface area contributed by atoms with Crippen LogP contribution in [0.4, 0.5) is 0 Å². The van der Waals surface area contributed by atoms with Crippen molar-refractivity contribution in [3.05, 3.63) is 70.4 Å². The second-order valence-corrected chi connectivity index (χ2v) is 7.55. The van der Waals surface area contributed by atoms with E-state index in [9.17, 15) is 9.59 Å². The minimum absolute atomic E-state index is 0.177. The van der Waals surface area contributed by atoms with Crippen molar-refractivity contribution in [1.29, 1.82) is 0 Å². The van der Waals surface area contributed by atoms with Gasteiger partial charge in [-0.1, -0.05) is 23.2 Å². The number of carbonyl (C=O) groups is 2. The molecule has 2 N–H and O–H groups in total. The number of halogens is 1. The average molecular weight is 400 g/mol. The maximum absolute atomic E-state index is 12.4. The number of fused-ring (bicyclic) bond motifs is 1. The Balaban J connectivity index is 1.60. The first-order valence-corrected chi connectivity index (χ1v) is 9.64. The lowest BCUT2D eigenvalue weighted by atomic mass is 10.1. The van der Waals surface area contributed by atoms with Gasteiger partial charge >= 0.3 is 0 Å². The Hall–Kier alpha value is -2.57. The minimum atomic E-state index is -0.395. The Morgan fingerprint density at radius 2 is 1.78 bits per heavy atom. The Kier molecular flexibility index (Phi) is 5.98. The molecule has 0 fully saturated rings. The van der Waals surface area contributed by atoms with Crippen molar-refractivity contribution in [3.8, 4) is 0 Å². The zero-order valence-electron chi connectivity index (χ0n) is 14.9. The van der Waals surface area contributed by atoms with Crippen LogP contribution in [0.15, 0.2) is 53.4 Å². The highest BCUT2D eigenvalue weighted by Crippen LogP contribution is 2.20. The lowest BCUT2D eigenvalue weighted by Crippen LogP contribution is -2.42. The fourth-order valence-corrected chi connectivity index (χ4v) is 3.36. The van der Waals surface area contributed by atoms with Crippen LogP contribution in [-0.4, -0.2) is 22.6 Å². The molecule has 0 atom stereocenters. The molecule has 3 rings (SSSR count). The molecule has 0 spiro atoms. The van der Waals surface area contributed by atoms with Gasteiger partial charge in [0.2, 0.25) is 5.91 Å². The fourth-order valence-electron chi connectivity index (χ4n) is 2.53. The number of hydrazine groups is 1. The smallest absolute Gasteiger partial charge is 0.271 e. The summed E-state index contributed by atoms with van der Waals surface area (Å²) in [7, 11) is 0. The molecule has 1 aromatic heterocycles. The van der Waals surface area contributed by atoms with Gasteiger partial charge in [0.1, 0.15) is 0 Å². The number of hydrogen-bond acceptors (Lipinski definition) is 4. The summed E-state index contributed by atoms with van der Waals surface area (Å²) < 4.78 is 0. The Morgan fingerprint density at radius 3 is 2.52 bits per heavy atom. The zero-order valence-corrected chi connectivity index (χ0v) is 16.4. The van der Waals surface area contributed by atoms with Crippen molar-refractivity contribution >= 4 is 46.1 Å². The van der Waals surface area contributed by atoms with Crippen LogP contribution >= 0.6 is 23.4 Å². The molecule has 0 bridgehead atoms. The lowest BCUT2D eigenvalue weighted by Gasteiger charge is -2.10. The Morgan fingerprint density at radius 1 is 1.04 bits per heavy atom. The number of benzene rings is 2. The fraction of sp³-hybridized carbons (Fsp3) is 0.150. The van der Waals surface area contributed by atoms with Crippen molar-refractivity contribution in [2.24, 2.45) is 0 Å². The quantitative estimate of drug-likeness (QED) is 0.512. The maximum atomic E-state index is 12.4. The molecule has 0 saturated carbocycles. The van der Waals surface area contributed by atoms with E-state index >= 15 is 0 Å².